The largest absolute Gasteiger partial charge is 0.369 e. The molecule has 0 saturated carbocycles. The monoisotopic (exact) mass is 404 g/mol. The molecule has 2 rings (SSSR count). The van der Waals surface area contributed by atoms with Crippen molar-refractivity contribution in [3.63, 3.8) is 0 Å². The van der Waals surface area contributed by atoms with E-state index in [9.17, 15) is 9.59 Å². The summed E-state index contributed by atoms with van der Waals surface area (Å²) in [5.41, 5.74) is 7.42. The maximum Gasteiger partial charge on any atom is 0.224 e. The van der Waals surface area contributed by atoms with E-state index in [2.05, 4.69) is 15.5 Å². The molecular formula is C18H30Cl2N4O2. The molecule has 0 bridgehead atoms. The number of anilines is 1. The Hall–Kier alpha value is -1.34. The van der Waals surface area contributed by atoms with Gasteiger partial charge in [0.1, 0.15) is 0 Å². The van der Waals surface area contributed by atoms with Crippen LogP contribution in [0.25, 0.3) is 0 Å². The zero-order valence-corrected chi connectivity index (χ0v) is 16.8. The van der Waals surface area contributed by atoms with Crippen LogP contribution in [-0.2, 0) is 16.1 Å². The minimum Gasteiger partial charge on any atom is -0.369 e. The highest BCUT2D eigenvalue weighted by atomic mass is 35.5. The predicted molar refractivity (Wildman–Crippen MR) is 110 cm³/mol. The fourth-order valence-electron chi connectivity index (χ4n) is 3.03. The number of benzene rings is 1. The first-order valence-corrected chi connectivity index (χ1v) is 8.63. The van der Waals surface area contributed by atoms with Crippen molar-refractivity contribution < 1.29 is 9.59 Å². The predicted octanol–water partition coefficient (Wildman–Crippen LogP) is 2.17. The molecule has 1 unspecified atom stereocenters. The van der Waals surface area contributed by atoms with Crippen molar-refractivity contribution in [3.05, 3.63) is 29.8 Å². The molecule has 4 N–H and O–H groups in total. The van der Waals surface area contributed by atoms with E-state index < -0.39 is 0 Å². The molecule has 0 aliphatic carbocycles. The summed E-state index contributed by atoms with van der Waals surface area (Å²) >= 11 is 0. The van der Waals surface area contributed by atoms with Crippen LogP contribution < -0.4 is 16.4 Å². The average molecular weight is 405 g/mol. The minimum atomic E-state index is -0.198. The van der Waals surface area contributed by atoms with Crippen molar-refractivity contribution in [2.75, 3.05) is 32.0 Å². The normalized spacial score (nSPS) is 16.9. The fraction of sp³-hybridized carbons (Fsp3) is 0.556. The van der Waals surface area contributed by atoms with Crippen molar-refractivity contribution in [1.29, 1.82) is 0 Å². The van der Waals surface area contributed by atoms with Crippen molar-refractivity contribution in [1.82, 2.24) is 10.2 Å². The number of rotatable bonds is 8. The van der Waals surface area contributed by atoms with E-state index in [-0.39, 0.29) is 42.5 Å². The van der Waals surface area contributed by atoms with Crippen LogP contribution in [0.1, 0.15) is 31.2 Å². The van der Waals surface area contributed by atoms with Crippen molar-refractivity contribution in [2.24, 2.45) is 11.7 Å². The molecule has 1 saturated heterocycles. The Morgan fingerprint density at radius 1 is 1.23 bits per heavy atom. The van der Waals surface area contributed by atoms with Crippen LogP contribution in [0.4, 0.5) is 5.69 Å². The maximum absolute atomic E-state index is 11.8. The second kappa shape index (κ2) is 12.9. The summed E-state index contributed by atoms with van der Waals surface area (Å²) in [6, 6.07) is 7.91. The number of halogens is 2. The van der Waals surface area contributed by atoms with E-state index in [0.29, 0.717) is 6.42 Å². The molecule has 148 valence electrons. The summed E-state index contributed by atoms with van der Waals surface area (Å²) < 4.78 is 0. The van der Waals surface area contributed by atoms with Gasteiger partial charge in [0, 0.05) is 25.2 Å². The van der Waals surface area contributed by atoms with Gasteiger partial charge in [-0.15, -0.1) is 24.8 Å². The molecule has 0 aromatic heterocycles. The zero-order chi connectivity index (χ0) is 17.4. The molecule has 1 atom stereocenters. The zero-order valence-electron chi connectivity index (χ0n) is 15.2. The standard InChI is InChI=1S/C18H28N4O2.2ClH/c1-20-10-2-5-17(23)21-16-8-6-14(7-9-16)12-22-11-3-4-15(13-22)18(19)24;;/h6-9,15,20H,2-5,10-13H2,1H3,(H2,19,24)(H,21,23);2*1H. The lowest BCUT2D eigenvalue weighted by molar-refractivity contribution is -0.123. The van der Waals surface area contributed by atoms with Crippen LogP contribution >= 0.6 is 24.8 Å². The lowest BCUT2D eigenvalue weighted by Gasteiger charge is -2.31. The van der Waals surface area contributed by atoms with Gasteiger partial charge in [0.25, 0.3) is 0 Å². The Labute approximate surface area is 168 Å². The summed E-state index contributed by atoms with van der Waals surface area (Å²) in [4.78, 5) is 25.4. The van der Waals surface area contributed by atoms with Gasteiger partial charge in [-0.1, -0.05) is 12.1 Å². The number of hydrogen-bond donors (Lipinski definition) is 3. The number of piperidine rings is 1. The molecule has 0 spiro atoms. The third-order valence-electron chi connectivity index (χ3n) is 4.38. The van der Waals surface area contributed by atoms with Crippen LogP contribution in [0.2, 0.25) is 0 Å². The number of carbonyl (C=O) groups excluding carboxylic acids is 2. The van der Waals surface area contributed by atoms with Crippen LogP contribution in [-0.4, -0.2) is 43.4 Å². The van der Waals surface area contributed by atoms with E-state index in [1.54, 1.807) is 0 Å². The lowest BCUT2D eigenvalue weighted by atomic mass is 9.97. The highest BCUT2D eigenvalue weighted by Crippen LogP contribution is 2.19. The molecule has 1 aliphatic heterocycles. The fourth-order valence-corrected chi connectivity index (χ4v) is 3.03. The topological polar surface area (TPSA) is 87.5 Å². The highest BCUT2D eigenvalue weighted by molar-refractivity contribution is 5.90. The highest BCUT2D eigenvalue weighted by Gasteiger charge is 2.23. The number of nitrogens with zero attached hydrogens (tertiary/aromatic N) is 1. The summed E-state index contributed by atoms with van der Waals surface area (Å²) in [7, 11) is 1.88. The molecule has 1 heterocycles. The number of primary amides is 1. The number of nitrogens with two attached hydrogens (primary N) is 1. The molecule has 26 heavy (non-hydrogen) atoms. The van der Waals surface area contributed by atoms with Crippen LogP contribution in [0.15, 0.2) is 24.3 Å². The molecule has 1 aliphatic rings. The molecule has 1 aromatic carbocycles. The number of nitrogens with one attached hydrogen (secondary N) is 2. The molecule has 2 amide bonds. The van der Waals surface area contributed by atoms with Gasteiger partial charge in [-0.25, -0.2) is 0 Å². The average Bonchev–Trinajstić information content (AvgIpc) is 2.57. The molecule has 1 aromatic rings. The third kappa shape index (κ3) is 8.36. The SMILES string of the molecule is CNCCCC(=O)Nc1ccc(CN2CCCC(C(N)=O)C2)cc1.Cl.Cl. The first-order valence-electron chi connectivity index (χ1n) is 8.63. The Morgan fingerprint density at radius 2 is 1.92 bits per heavy atom. The number of likely N-dealkylation sites (tertiary alicyclic amines) is 1. The Kier molecular flexibility index (Phi) is 12.3. The van der Waals surface area contributed by atoms with E-state index in [1.165, 1.54) is 5.56 Å². The van der Waals surface area contributed by atoms with E-state index in [1.807, 2.05) is 31.3 Å². The van der Waals surface area contributed by atoms with Gasteiger partial charge in [-0.2, -0.15) is 0 Å². The van der Waals surface area contributed by atoms with Gasteiger partial charge in [0.2, 0.25) is 11.8 Å². The lowest BCUT2D eigenvalue weighted by Crippen LogP contribution is -2.40. The summed E-state index contributed by atoms with van der Waals surface area (Å²) in [6.45, 7) is 3.38. The van der Waals surface area contributed by atoms with Crippen molar-refractivity contribution >= 4 is 42.3 Å². The van der Waals surface area contributed by atoms with Gasteiger partial charge in [-0.05, 0) is 57.1 Å². The second-order valence-electron chi connectivity index (χ2n) is 6.43. The number of hydrogen-bond acceptors (Lipinski definition) is 4. The summed E-state index contributed by atoms with van der Waals surface area (Å²) in [5.74, 6) is -0.190. The molecule has 6 nitrogen and oxygen atoms in total. The number of carbonyl (C=O) groups is 2. The van der Waals surface area contributed by atoms with E-state index in [0.717, 1.165) is 51.1 Å². The van der Waals surface area contributed by atoms with Gasteiger partial charge >= 0.3 is 0 Å². The first-order chi connectivity index (χ1) is 11.6. The summed E-state index contributed by atoms with van der Waals surface area (Å²) in [6.07, 6.45) is 3.25. The molecule has 8 heteroatoms. The van der Waals surface area contributed by atoms with Crippen molar-refractivity contribution in [2.45, 2.75) is 32.2 Å². The molecule has 0 radical (unpaired) electrons. The Bertz CT molecular complexity index is 555. The maximum atomic E-state index is 11.8. The quantitative estimate of drug-likeness (QED) is 0.579. The van der Waals surface area contributed by atoms with Gasteiger partial charge in [0.15, 0.2) is 0 Å². The van der Waals surface area contributed by atoms with Crippen molar-refractivity contribution in [3.8, 4) is 0 Å². The van der Waals surface area contributed by atoms with Crippen LogP contribution in [0.5, 0.6) is 0 Å². The Balaban J connectivity index is 0.00000312. The van der Waals surface area contributed by atoms with Crippen LogP contribution in [0.3, 0.4) is 0 Å². The second-order valence-corrected chi connectivity index (χ2v) is 6.43. The first kappa shape index (κ1) is 24.7. The van der Waals surface area contributed by atoms with Gasteiger partial charge in [0.05, 0.1) is 5.92 Å². The third-order valence-corrected chi connectivity index (χ3v) is 4.38. The molecule has 1 fully saturated rings. The van der Waals surface area contributed by atoms with Gasteiger partial charge in [-0.3, -0.25) is 14.5 Å². The van der Waals surface area contributed by atoms with E-state index in [4.69, 9.17) is 5.73 Å². The smallest absolute Gasteiger partial charge is 0.224 e. The number of amides is 2. The summed E-state index contributed by atoms with van der Waals surface area (Å²) in [5, 5.41) is 5.94. The van der Waals surface area contributed by atoms with Crippen LogP contribution in [0, 0.1) is 5.92 Å². The minimum absolute atomic E-state index is 0. The van der Waals surface area contributed by atoms with Gasteiger partial charge < -0.3 is 16.4 Å². The van der Waals surface area contributed by atoms with E-state index >= 15 is 0 Å². The molecular weight excluding hydrogens is 375 g/mol. The Morgan fingerprint density at radius 3 is 2.54 bits per heavy atom.